The lowest BCUT2D eigenvalue weighted by atomic mass is 10.0. The second-order valence-electron chi connectivity index (χ2n) is 22.5. The monoisotopic (exact) mass is 1110 g/mol. The molecule has 1 aliphatic rings. The van der Waals surface area contributed by atoms with E-state index in [1.54, 1.807) is 87.9 Å². The predicted octanol–water partition coefficient (Wildman–Crippen LogP) is 5.44. The first kappa shape index (κ1) is 64.2. The number of anilines is 1. The first-order valence-electron chi connectivity index (χ1n) is 26.6. The molecule has 4 atom stereocenters. The highest BCUT2D eigenvalue weighted by atomic mass is 32.2. The van der Waals surface area contributed by atoms with E-state index in [1.807, 2.05) is 36.5 Å². The predicted molar refractivity (Wildman–Crippen MR) is 301 cm³/mol. The zero-order valence-electron chi connectivity index (χ0n) is 48.0. The molecule has 0 radical (unpaired) electrons. The van der Waals surface area contributed by atoms with E-state index in [0.717, 1.165) is 28.4 Å². The van der Waals surface area contributed by atoms with Crippen LogP contribution < -0.4 is 41.4 Å². The molecule has 79 heavy (non-hydrogen) atoms. The van der Waals surface area contributed by atoms with Gasteiger partial charge in [0.1, 0.15) is 47.5 Å². The topological polar surface area (TPSA) is 261 Å². The Bertz CT molecular complexity index is 2760. The molecule has 0 unspecified atom stereocenters. The van der Waals surface area contributed by atoms with Crippen LogP contribution in [0.15, 0.2) is 82.9 Å². The van der Waals surface area contributed by atoms with Crippen molar-refractivity contribution in [1.29, 1.82) is 0 Å². The third-order valence-corrected chi connectivity index (χ3v) is 12.8. The summed E-state index contributed by atoms with van der Waals surface area (Å²) in [6, 6.07) is 12.6. The molecule has 0 fully saturated rings. The number of ether oxygens (including phenoxy) is 3. The molecule has 0 saturated heterocycles. The lowest BCUT2D eigenvalue weighted by Crippen LogP contribution is -2.60. The van der Waals surface area contributed by atoms with Gasteiger partial charge in [0.05, 0.1) is 28.9 Å². The van der Waals surface area contributed by atoms with Crippen LogP contribution >= 0.6 is 11.8 Å². The Kier molecular flexibility index (Phi) is 23.6. The van der Waals surface area contributed by atoms with Gasteiger partial charge in [-0.1, -0.05) is 62.0 Å². The molecule has 3 aromatic rings. The average Bonchev–Trinajstić information content (AvgIpc) is 3.73. The number of amides is 6. The normalized spacial score (nSPS) is 14.6. The van der Waals surface area contributed by atoms with Crippen LogP contribution in [0.4, 0.5) is 5.69 Å². The largest absolute Gasteiger partial charge is 0.460 e. The van der Waals surface area contributed by atoms with E-state index in [2.05, 4.69) is 90.9 Å². The third kappa shape index (κ3) is 22.2. The summed E-state index contributed by atoms with van der Waals surface area (Å²) in [5.41, 5.74) is 0.535. The zero-order chi connectivity index (χ0) is 58.8. The number of rotatable bonds is 25. The minimum Gasteiger partial charge on any atom is -0.460 e. The molecule has 2 aromatic carbocycles. The summed E-state index contributed by atoms with van der Waals surface area (Å²) in [6.45, 7) is 19.7. The van der Waals surface area contributed by atoms with E-state index in [0.29, 0.717) is 13.0 Å². The van der Waals surface area contributed by atoms with Gasteiger partial charge in [-0.25, -0.2) is 0 Å². The summed E-state index contributed by atoms with van der Waals surface area (Å²) in [5.74, 6) is -7.36. The summed E-state index contributed by atoms with van der Waals surface area (Å²) in [7, 11) is 2.06. The number of aromatic nitrogens is 1. The quantitative estimate of drug-likeness (QED) is 0.0268. The van der Waals surface area contributed by atoms with E-state index in [1.165, 1.54) is 10.6 Å². The molecule has 1 aromatic heterocycles. The van der Waals surface area contributed by atoms with E-state index < -0.39 is 107 Å². The summed E-state index contributed by atoms with van der Waals surface area (Å²) >= 11 is 1.73. The van der Waals surface area contributed by atoms with Crippen molar-refractivity contribution in [2.24, 2.45) is 5.92 Å². The molecule has 6 N–H and O–H groups in total. The van der Waals surface area contributed by atoms with Crippen molar-refractivity contribution >= 4 is 87.8 Å². The van der Waals surface area contributed by atoms with Crippen LogP contribution in [0.5, 0.6) is 0 Å². The molecule has 21 heteroatoms. The van der Waals surface area contributed by atoms with Gasteiger partial charge in [-0.2, -0.15) is 4.57 Å². The molecule has 2 heterocycles. The number of aryl methyl sites for hydroxylation is 1. The Balaban J connectivity index is 1.39. The number of benzene rings is 2. The number of hydrogen-bond acceptors (Lipinski definition) is 14. The second-order valence-corrected chi connectivity index (χ2v) is 23.6. The first-order valence-corrected chi connectivity index (χ1v) is 27.4. The fourth-order valence-corrected chi connectivity index (χ4v) is 9.23. The molecule has 1 aliphatic heterocycles. The molecule has 0 aliphatic carbocycles. The van der Waals surface area contributed by atoms with Crippen LogP contribution in [-0.2, 0) is 63.9 Å². The van der Waals surface area contributed by atoms with Crippen LogP contribution in [0.1, 0.15) is 127 Å². The minimum absolute atomic E-state index is 0.0347. The Morgan fingerprint density at radius 2 is 1.20 bits per heavy atom. The zero-order valence-corrected chi connectivity index (χ0v) is 48.8. The molecule has 20 nitrogen and oxygen atoms in total. The van der Waals surface area contributed by atoms with Crippen molar-refractivity contribution in [3.8, 4) is 0 Å². The Hall–Kier alpha value is -7.29. The van der Waals surface area contributed by atoms with Crippen molar-refractivity contribution < 1.29 is 61.9 Å². The Morgan fingerprint density at radius 1 is 0.646 bits per heavy atom. The highest BCUT2D eigenvalue weighted by Crippen LogP contribution is 2.44. The van der Waals surface area contributed by atoms with Crippen molar-refractivity contribution in [1.82, 2.24) is 31.9 Å². The number of esters is 3. The molecular weight excluding hydrogens is 1030 g/mol. The van der Waals surface area contributed by atoms with E-state index >= 15 is 0 Å². The number of pyridine rings is 1. The standard InChI is InChI=1S/C58H80N8O12S/c1-36(2)51(64-53(73)40(27-28-48(69)76-56(4,5)6)62-54(74)42(61-37(3)67)35-50(71)78-58(10,11)12)55(75)63-41(34-49(70)77-57(7,8)9)52(72)60-31-30-59-46(68)25-19-32-66-33-29-38(39-21-14-15-22-43(39)66)20-18-26-47-65(13)44-23-16-17-24-45(44)79-47/h14-18,20-24,26,29,33,36,40-42,51H,19,25,27-28,30-32,34-35H2,1-13H3,(H5-,59,60,61,62,63,64,67,68,72,73,74,75)/p+1/t40-,41-,42-,51-/m1/s1. The maximum atomic E-state index is 14.1. The van der Waals surface area contributed by atoms with Gasteiger partial charge in [0.2, 0.25) is 41.0 Å². The average molecular weight is 1110 g/mol. The first-order chi connectivity index (χ1) is 36.9. The fraction of sp³-hybridized carbons (Fsp3) is 0.517. The molecule has 0 spiro atoms. The maximum absolute atomic E-state index is 14.1. The SMILES string of the molecule is CC(=O)N[C@H](CC(=O)OC(C)(C)C)C(=O)N[C@H](CCC(=O)OC(C)(C)C)C(=O)N[C@@H](C(=O)N[C@H](CC(=O)OC(C)(C)C)C(=O)NCCNC(=O)CCC[n+]1ccc(C=CC=C2Sc3ccccc3N2C)c2ccccc21)C(C)C. The van der Waals surface area contributed by atoms with Gasteiger partial charge in [0.25, 0.3) is 0 Å². The molecule has 6 amide bonds. The number of para-hydroxylation sites is 2. The third-order valence-electron chi connectivity index (χ3n) is 11.6. The summed E-state index contributed by atoms with van der Waals surface area (Å²) in [6.07, 6.45) is 7.12. The van der Waals surface area contributed by atoms with E-state index in [9.17, 15) is 43.2 Å². The summed E-state index contributed by atoms with van der Waals surface area (Å²) in [4.78, 5) is 123. The van der Waals surface area contributed by atoms with Gasteiger partial charge in [-0.15, -0.1) is 0 Å². The van der Waals surface area contributed by atoms with Gasteiger partial charge in [0.15, 0.2) is 6.20 Å². The van der Waals surface area contributed by atoms with E-state index in [4.69, 9.17) is 14.2 Å². The number of fused-ring (bicyclic) bond motifs is 2. The lowest BCUT2D eigenvalue weighted by molar-refractivity contribution is -0.671. The van der Waals surface area contributed by atoms with Crippen molar-refractivity contribution in [3.05, 3.63) is 83.5 Å². The van der Waals surface area contributed by atoms with Crippen LogP contribution in [0, 0.1) is 5.92 Å². The number of nitrogens with one attached hydrogen (secondary N) is 6. The molecule has 430 valence electrons. The van der Waals surface area contributed by atoms with Gasteiger partial charge in [-0.3, -0.25) is 43.2 Å². The van der Waals surface area contributed by atoms with E-state index in [-0.39, 0.29) is 38.3 Å². The Morgan fingerprint density at radius 3 is 1.81 bits per heavy atom. The molecule has 4 rings (SSSR count). The van der Waals surface area contributed by atoms with Crippen LogP contribution in [0.25, 0.3) is 17.0 Å². The second kappa shape index (κ2) is 29.1. The number of nitrogens with zero attached hydrogens (tertiary/aromatic N) is 2. The number of allylic oxidation sites excluding steroid dienone is 2. The minimum atomic E-state index is -1.51. The van der Waals surface area contributed by atoms with Crippen LogP contribution in [0.2, 0.25) is 0 Å². The maximum Gasteiger partial charge on any atom is 0.308 e. The lowest BCUT2D eigenvalue weighted by Gasteiger charge is -2.28. The van der Waals surface area contributed by atoms with Gasteiger partial charge < -0.3 is 51.0 Å². The number of thioether (sulfide) groups is 1. The number of carbonyl (C=O) groups is 9. The van der Waals surface area contributed by atoms with Gasteiger partial charge >= 0.3 is 17.9 Å². The highest BCUT2D eigenvalue weighted by Gasteiger charge is 2.35. The molecule has 0 saturated carbocycles. The van der Waals surface area contributed by atoms with Crippen molar-refractivity contribution in [2.75, 3.05) is 25.0 Å². The fourth-order valence-electron chi connectivity index (χ4n) is 8.17. The van der Waals surface area contributed by atoms with Crippen molar-refractivity contribution in [2.45, 2.75) is 174 Å². The highest BCUT2D eigenvalue weighted by molar-refractivity contribution is 8.03. The van der Waals surface area contributed by atoms with Crippen LogP contribution in [0.3, 0.4) is 0 Å². The Labute approximate surface area is 468 Å². The molecular formula is C58H81N8O12S+. The summed E-state index contributed by atoms with van der Waals surface area (Å²) < 4.78 is 18.3. The number of hydrogen-bond donors (Lipinski definition) is 6. The van der Waals surface area contributed by atoms with Gasteiger partial charge in [-0.05, 0) is 104 Å². The smallest absolute Gasteiger partial charge is 0.308 e. The molecule has 0 bridgehead atoms. The summed E-state index contributed by atoms with van der Waals surface area (Å²) in [5, 5.41) is 17.7. The van der Waals surface area contributed by atoms with Crippen molar-refractivity contribution in [3.63, 3.8) is 0 Å². The van der Waals surface area contributed by atoms with Gasteiger partial charge in [0, 0.05) is 63.4 Å². The number of carbonyl (C=O) groups excluding carboxylic acids is 9. The van der Waals surface area contributed by atoms with Crippen LogP contribution in [-0.4, -0.2) is 114 Å².